The average Bonchev–Trinajstić information content (AvgIpc) is 2.41. The van der Waals surface area contributed by atoms with Gasteiger partial charge in [-0.05, 0) is 37.1 Å². The van der Waals surface area contributed by atoms with Crippen LogP contribution in [0.25, 0.3) is 11.3 Å². The number of methoxy groups -OCH3 is 2. The standard InChI is InChI=1S/C15H18N2O2S/c1-9-5-6-11(15(19-4)10(9)2)12-7-14(20)17-13(16-12)8-18-3/h5-7H,8H2,1-4H3,(H,16,17,20). The van der Waals surface area contributed by atoms with Crippen molar-refractivity contribution < 1.29 is 9.47 Å². The largest absolute Gasteiger partial charge is 0.496 e. The molecule has 5 heteroatoms. The van der Waals surface area contributed by atoms with E-state index in [1.165, 1.54) is 5.56 Å². The van der Waals surface area contributed by atoms with Gasteiger partial charge in [0.25, 0.3) is 0 Å². The number of aromatic amines is 1. The summed E-state index contributed by atoms with van der Waals surface area (Å²) in [7, 11) is 3.30. The van der Waals surface area contributed by atoms with Crippen LogP contribution in [0.5, 0.6) is 5.75 Å². The number of hydrogen-bond donors (Lipinski definition) is 1. The number of aryl methyl sites for hydroxylation is 1. The smallest absolute Gasteiger partial charge is 0.134 e. The van der Waals surface area contributed by atoms with Gasteiger partial charge >= 0.3 is 0 Å². The average molecular weight is 290 g/mol. The van der Waals surface area contributed by atoms with Crippen molar-refractivity contribution in [2.24, 2.45) is 0 Å². The van der Waals surface area contributed by atoms with Crippen molar-refractivity contribution >= 4 is 12.2 Å². The van der Waals surface area contributed by atoms with Crippen molar-refractivity contribution in [1.82, 2.24) is 9.97 Å². The first-order valence-corrected chi connectivity index (χ1v) is 6.71. The van der Waals surface area contributed by atoms with Crippen LogP contribution >= 0.6 is 12.2 Å². The minimum Gasteiger partial charge on any atom is -0.496 e. The molecule has 0 aliphatic carbocycles. The normalized spacial score (nSPS) is 10.6. The van der Waals surface area contributed by atoms with E-state index in [0.717, 1.165) is 22.6 Å². The van der Waals surface area contributed by atoms with Crippen LogP contribution in [0, 0.1) is 18.5 Å². The van der Waals surface area contributed by atoms with Gasteiger partial charge in [-0.2, -0.15) is 0 Å². The second kappa shape index (κ2) is 6.15. The fourth-order valence-electron chi connectivity index (χ4n) is 2.12. The van der Waals surface area contributed by atoms with E-state index in [0.29, 0.717) is 17.1 Å². The quantitative estimate of drug-likeness (QED) is 0.874. The maximum Gasteiger partial charge on any atom is 0.134 e. The lowest BCUT2D eigenvalue weighted by atomic mass is 10.0. The highest BCUT2D eigenvalue weighted by molar-refractivity contribution is 7.71. The summed E-state index contributed by atoms with van der Waals surface area (Å²) in [5, 5.41) is 0. The maximum absolute atomic E-state index is 5.55. The Balaban J connectivity index is 2.62. The van der Waals surface area contributed by atoms with Crippen LogP contribution in [0.15, 0.2) is 18.2 Å². The van der Waals surface area contributed by atoms with E-state index in [2.05, 4.69) is 23.0 Å². The molecule has 1 aromatic carbocycles. The summed E-state index contributed by atoms with van der Waals surface area (Å²) >= 11 is 5.21. The topological polar surface area (TPSA) is 47.1 Å². The monoisotopic (exact) mass is 290 g/mol. The molecule has 2 rings (SSSR count). The Morgan fingerprint density at radius 2 is 2.00 bits per heavy atom. The first-order valence-electron chi connectivity index (χ1n) is 6.30. The summed E-state index contributed by atoms with van der Waals surface area (Å²) < 4.78 is 11.2. The van der Waals surface area contributed by atoms with Crippen LogP contribution in [0.3, 0.4) is 0 Å². The predicted molar refractivity (Wildman–Crippen MR) is 81.6 cm³/mol. The minimum atomic E-state index is 0.393. The Bertz CT molecular complexity index is 680. The van der Waals surface area contributed by atoms with Gasteiger partial charge in [-0.15, -0.1) is 0 Å². The number of rotatable bonds is 4. The molecule has 2 aromatic rings. The molecule has 1 heterocycles. The van der Waals surface area contributed by atoms with Gasteiger partial charge in [0, 0.05) is 12.7 Å². The van der Waals surface area contributed by atoms with Crippen LogP contribution in [0.1, 0.15) is 17.0 Å². The number of nitrogens with zero attached hydrogens (tertiary/aromatic N) is 1. The Morgan fingerprint density at radius 1 is 1.25 bits per heavy atom. The molecule has 0 saturated carbocycles. The zero-order valence-electron chi connectivity index (χ0n) is 12.1. The number of H-pyrrole nitrogens is 1. The Kier molecular flexibility index (Phi) is 4.52. The number of hydrogen-bond acceptors (Lipinski definition) is 4. The molecular formula is C15H18N2O2S. The maximum atomic E-state index is 5.55. The van der Waals surface area contributed by atoms with E-state index in [1.54, 1.807) is 14.2 Å². The molecule has 0 amide bonds. The summed E-state index contributed by atoms with van der Waals surface area (Å²) in [6.45, 7) is 4.50. The van der Waals surface area contributed by atoms with Gasteiger partial charge in [-0.3, -0.25) is 0 Å². The van der Waals surface area contributed by atoms with Gasteiger partial charge in [0.1, 0.15) is 22.8 Å². The Morgan fingerprint density at radius 3 is 2.65 bits per heavy atom. The van der Waals surface area contributed by atoms with Crippen molar-refractivity contribution in [3.05, 3.63) is 39.8 Å². The molecule has 1 N–H and O–H groups in total. The summed E-state index contributed by atoms with van der Waals surface area (Å²) in [4.78, 5) is 7.48. The van der Waals surface area contributed by atoms with Crippen molar-refractivity contribution in [2.75, 3.05) is 14.2 Å². The molecule has 0 saturated heterocycles. The lowest BCUT2D eigenvalue weighted by Crippen LogP contribution is -2.00. The summed E-state index contributed by atoms with van der Waals surface area (Å²) in [5.74, 6) is 1.56. The van der Waals surface area contributed by atoms with Crippen molar-refractivity contribution in [1.29, 1.82) is 0 Å². The Labute approximate surface area is 123 Å². The molecule has 0 unspecified atom stereocenters. The minimum absolute atomic E-state index is 0.393. The van der Waals surface area contributed by atoms with E-state index in [4.69, 9.17) is 21.7 Å². The fourth-order valence-corrected chi connectivity index (χ4v) is 2.35. The fraction of sp³-hybridized carbons (Fsp3) is 0.333. The zero-order valence-corrected chi connectivity index (χ0v) is 12.9. The summed E-state index contributed by atoms with van der Waals surface area (Å²) in [5.41, 5.74) is 4.17. The lowest BCUT2D eigenvalue weighted by Gasteiger charge is -2.14. The van der Waals surface area contributed by atoms with Gasteiger partial charge in [0.2, 0.25) is 0 Å². The second-order valence-corrected chi connectivity index (χ2v) is 5.02. The van der Waals surface area contributed by atoms with Crippen LogP contribution in [-0.4, -0.2) is 24.2 Å². The van der Waals surface area contributed by atoms with E-state index in [9.17, 15) is 0 Å². The van der Waals surface area contributed by atoms with Gasteiger partial charge in [0.05, 0.1) is 12.8 Å². The third-order valence-electron chi connectivity index (χ3n) is 3.24. The number of benzene rings is 1. The van der Waals surface area contributed by atoms with E-state index >= 15 is 0 Å². The highest BCUT2D eigenvalue weighted by atomic mass is 32.1. The molecule has 0 aliphatic rings. The molecule has 20 heavy (non-hydrogen) atoms. The van der Waals surface area contributed by atoms with Crippen LogP contribution in [0.2, 0.25) is 0 Å². The van der Waals surface area contributed by atoms with Crippen LogP contribution in [0.4, 0.5) is 0 Å². The van der Waals surface area contributed by atoms with Gasteiger partial charge in [-0.25, -0.2) is 4.98 Å². The predicted octanol–water partition coefficient (Wildman–Crippen LogP) is 3.58. The molecule has 0 aliphatic heterocycles. The number of aromatic nitrogens is 2. The van der Waals surface area contributed by atoms with Crippen molar-refractivity contribution in [2.45, 2.75) is 20.5 Å². The van der Waals surface area contributed by atoms with Gasteiger partial charge in [-0.1, -0.05) is 18.3 Å². The van der Waals surface area contributed by atoms with E-state index in [1.807, 2.05) is 19.1 Å². The highest BCUT2D eigenvalue weighted by Gasteiger charge is 2.12. The molecule has 4 nitrogen and oxygen atoms in total. The SMILES string of the molecule is COCc1nc(=S)cc(-c2ccc(C)c(C)c2OC)[nH]1. The van der Waals surface area contributed by atoms with Crippen LogP contribution < -0.4 is 4.74 Å². The van der Waals surface area contributed by atoms with E-state index < -0.39 is 0 Å². The van der Waals surface area contributed by atoms with E-state index in [-0.39, 0.29) is 0 Å². The first kappa shape index (κ1) is 14.7. The molecule has 0 radical (unpaired) electrons. The summed E-state index contributed by atoms with van der Waals surface area (Å²) in [6, 6.07) is 5.93. The number of ether oxygens (including phenoxy) is 2. The van der Waals surface area contributed by atoms with Gasteiger partial charge in [0.15, 0.2) is 0 Å². The number of nitrogens with one attached hydrogen (secondary N) is 1. The van der Waals surface area contributed by atoms with Crippen molar-refractivity contribution in [3.8, 4) is 17.0 Å². The highest BCUT2D eigenvalue weighted by Crippen LogP contribution is 2.33. The Hall–Kier alpha value is -1.72. The second-order valence-electron chi connectivity index (χ2n) is 4.60. The lowest BCUT2D eigenvalue weighted by molar-refractivity contribution is 0.177. The van der Waals surface area contributed by atoms with Gasteiger partial charge < -0.3 is 14.5 Å². The third-order valence-corrected chi connectivity index (χ3v) is 3.45. The third kappa shape index (κ3) is 2.89. The molecular weight excluding hydrogens is 272 g/mol. The molecule has 106 valence electrons. The van der Waals surface area contributed by atoms with Crippen molar-refractivity contribution in [3.63, 3.8) is 0 Å². The zero-order chi connectivity index (χ0) is 14.7. The molecule has 1 aromatic heterocycles. The molecule has 0 fully saturated rings. The van der Waals surface area contributed by atoms with Crippen LogP contribution in [-0.2, 0) is 11.3 Å². The molecule has 0 atom stereocenters. The summed E-state index contributed by atoms with van der Waals surface area (Å²) in [6.07, 6.45) is 0. The molecule has 0 bridgehead atoms. The first-order chi connectivity index (χ1) is 9.56. The molecule has 0 spiro atoms.